The van der Waals surface area contributed by atoms with Gasteiger partial charge in [0.25, 0.3) is 0 Å². The zero-order valence-electron chi connectivity index (χ0n) is 7.70. The predicted molar refractivity (Wildman–Crippen MR) is 55.9 cm³/mol. The van der Waals surface area contributed by atoms with E-state index in [-0.39, 0.29) is 11.0 Å². The lowest BCUT2D eigenvalue weighted by Gasteiger charge is -2.03. The van der Waals surface area contributed by atoms with E-state index in [4.69, 9.17) is 23.1 Å². The molecule has 0 saturated carbocycles. The van der Waals surface area contributed by atoms with Crippen LogP contribution in [-0.4, -0.2) is 27.6 Å². The van der Waals surface area contributed by atoms with Gasteiger partial charge in [-0.3, -0.25) is 0 Å². The van der Waals surface area contributed by atoms with Gasteiger partial charge in [0.15, 0.2) is 5.69 Å². The molecule has 0 atom stereocenters. The summed E-state index contributed by atoms with van der Waals surface area (Å²) < 4.78 is 0. The number of carbonyl (C=O) groups is 1. The van der Waals surface area contributed by atoms with Crippen molar-refractivity contribution in [3.8, 4) is 12.3 Å². The SMILES string of the molecule is C#CCCNc1cc(C(=O)O)nc(Cl)n1. The molecule has 0 unspecified atom stereocenters. The lowest BCUT2D eigenvalue weighted by atomic mass is 10.4. The fourth-order valence-corrected chi connectivity index (χ4v) is 1.06. The Labute approximate surface area is 91.5 Å². The Bertz CT molecular complexity index is 414. The largest absolute Gasteiger partial charge is 0.477 e. The molecule has 0 aliphatic heterocycles. The normalized spacial score (nSPS) is 9.33. The lowest BCUT2D eigenvalue weighted by Crippen LogP contribution is -2.07. The van der Waals surface area contributed by atoms with Crippen LogP contribution in [0.3, 0.4) is 0 Å². The molecule has 0 spiro atoms. The van der Waals surface area contributed by atoms with Crippen molar-refractivity contribution in [2.75, 3.05) is 11.9 Å². The van der Waals surface area contributed by atoms with Gasteiger partial charge >= 0.3 is 5.97 Å². The number of anilines is 1. The maximum Gasteiger partial charge on any atom is 0.354 e. The van der Waals surface area contributed by atoms with E-state index in [1.54, 1.807) is 0 Å². The molecular weight excluding hydrogens is 218 g/mol. The van der Waals surface area contributed by atoms with E-state index in [9.17, 15) is 4.79 Å². The van der Waals surface area contributed by atoms with Crippen LogP contribution in [0.5, 0.6) is 0 Å². The van der Waals surface area contributed by atoms with Gasteiger partial charge in [-0.1, -0.05) is 0 Å². The molecule has 1 rings (SSSR count). The third-order valence-corrected chi connectivity index (χ3v) is 1.66. The van der Waals surface area contributed by atoms with Crippen LogP contribution in [-0.2, 0) is 0 Å². The van der Waals surface area contributed by atoms with E-state index in [2.05, 4.69) is 21.2 Å². The molecule has 2 N–H and O–H groups in total. The van der Waals surface area contributed by atoms with Crippen molar-refractivity contribution in [1.82, 2.24) is 9.97 Å². The Morgan fingerprint density at radius 2 is 2.40 bits per heavy atom. The number of nitrogens with one attached hydrogen (secondary N) is 1. The minimum Gasteiger partial charge on any atom is -0.477 e. The quantitative estimate of drug-likeness (QED) is 0.459. The van der Waals surface area contributed by atoms with Crippen LogP contribution in [0.15, 0.2) is 6.07 Å². The standard InChI is InChI=1S/C9H8ClN3O2/c1-2-3-4-11-7-5-6(8(14)15)12-9(10)13-7/h1,5H,3-4H2,(H,14,15)(H,11,12,13). The molecule has 1 aromatic rings. The first kappa shape index (κ1) is 11.3. The number of rotatable bonds is 4. The predicted octanol–water partition coefficient (Wildman–Crippen LogP) is 1.26. The molecule has 0 aromatic carbocycles. The maximum atomic E-state index is 10.6. The molecule has 0 aliphatic rings. The molecular formula is C9H8ClN3O2. The zero-order valence-corrected chi connectivity index (χ0v) is 8.45. The summed E-state index contributed by atoms with van der Waals surface area (Å²) >= 11 is 5.54. The van der Waals surface area contributed by atoms with Crippen molar-refractivity contribution in [1.29, 1.82) is 0 Å². The van der Waals surface area contributed by atoms with Gasteiger partial charge in [0.1, 0.15) is 5.82 Å². The molecule has 6 heteroatoms. The van der Waals surface area contributed by atoms with E-state index >= 15 is 0 Å². The Hall–Kier alpha value is -1.80. The first-order valence-electron chi connectivity index (χ1n) is 4.08. The first-order valence-corrected chi connectivity index (χ1v) is 4.46. The van der Waals surface area contributed by atoms with Gasteiger partial charge in [-0.2, -0.15) is 0 Å². The number of carboxylic acid groups (broad SMARTS) is 1. The highest BCUT2D eigenvalue weighted by molar-refractivity contribution is 6.28. The van der Waals surface area contributed by atoms with Crippen molar-refractivity contribution in [3.05, 3.63) is 17.0 Å². The molecule has 78 valence electrons. The Kier molecular flexibility index (Phi) is 3.89. The molecule has 0 fully saturated rings. The van der Waals surface area contributed by atoms with Gasteiger partial charge in [-0.25, -0.2) is 14.8 Å². The second-order valence-electron chi connectivity index (χ2n) is 2.59. The number of nitrogens with zero attached hydrogens (tertiary/aromatic N) is 2. The Morgan fingerprint density at radius 1 is 1.67 bits per heavy atom. The van der Waals surface area contributed by atoms with Crippen molar-refractivity contribution in [2.24, 2.45) is 0 Å². The minimum atomic E-state index is -1.15. The lowest BCUT2D eigenvalue weighted by molar-refractivity contribution is 0.0690. The summed E-state index contributed by atoms with van der Waals surface area (Å²) in [5.41, 5.74) is -0.154. The average molecular weight is 226 g/mol. The summed E-state index contributed by atoms with van der Waals surface area (Å²) in [7, 11) is 0. The van der Waals surface area contributed by atoms with Gasteiger partial charge in [0.2, 0.25) is 5.28 Å². The molecule has 5 nitrogen and oxygen atoms in total. The van der Waals surface area contributed by atoms with Crippen molar-refractivity contribution in [2.45, 2.75) is 6.42 Å². The molecule has 0 amide bonds. The van der Waals surface area contributed by atoms with Crippen LogP contribution in [0.4, 0.5) is 5.82 Å². The summed E-state index contributed by atoms with van der Waals surface area (Å²) in [4.78, 5) is 18.0. The van der Waals surface area contributed by atoms with E-state index in [1.165, 1.54) is 6.07 Å². The number of aromatic nitrogens is 2. The number of aromatic carboxylic acids is 1. The van der Waals surface area contributed by atoms with Gasteiger partial charge in [0, 0.05) is 19.0 Å². The summed E-state index contributed by atoms with van der Waals surface area (Å²) in [6.45, 7) is 0.503. The average Bonchev–Trinajstić information content (AvgIpc) is 2.17. The van der Waals surface area contributed by atoms with Crippen LogP contribution in [0.1, 0.15) is 16.9 Å². The Balaban J connectivity index is 2.80. The van der Waals surface area contributed by atoms with E-state index in [0.29, 0.717) is 18.8 Å². The van der Waals surface area contributed by atoms with Crippen molar-refractivity contribution < 1.29 is 9.90 Å². The molecule has 0 saturated heterocycles. The van der Waals surface area contributed by atoms with E-state index in [1.807, 2.05) is 0 Å². The smallest absolute Gasteiger partial charge is 0.354 e. The molecule has 1 aromatic heterocycles. The van der Waals surface area contributed by atoms with Gasteiger partial charge in [0.05, 0.1) is 0 Å². The minimum absolute atomic E-state index is 0.113. The second-order valence-corrected chi connectivity index (χ2v) is 2.93. The first-order chi connectivity index (χ1) is 7.13. The molecule has 0 radical (unpaired) electrons. The van der Waals surface area contributed by atoms with Gasteiger partial charge in [-0.15, -0.1) is 12.3 Å². The summed E-state index contributed by atoms with van der Waals surface area (Å²) in [5.74, 6) is 1.63. The fraction of sp³-hybridized carbons (Fsp3) is 0.222. The highest BCUT2D eigenvalue weighted by Crippen LogP contribution is 2.10. The van der Waals surface area contributed by atoms with Gasteiger partial charge < -0.3 is 10.4 Å². The summed E-state index contributed by atoms with van der Waals surface area (Å²) in [5, 5.41) is 11.4. The highest BCUT2D eigenvalue weighted by atomic mass is 35.5. The zero-order chi connectivity index (χ0) is 11.3. The topological polar surface area (TPSA) is 75.1 Å². The molecule has 0 bridgehead atoms. The second kappa shape index (κ2) is 5.17. The van der Waals surface area contributed by atoms with Crippen LogP contribution in [0, 0.1) is 12.3 Å². The molecule has 15 heavy (non-hydrogen) atoms. The third kappa shape index (κ3) is 3.44. The highest BCUT2D eigenvalue weighted by Gasteiger charge is 2.08. The number of hydrogen-bond donors (Lipinski definition) is 2. The van der Waals surface area contributed by atoms with Crippen LogP contribution in [0.25, 0.3) is 0 Å². The van der Waals surface area contributed by atoms with Crippen LogP contribution < -0.4 is 5.32 Å². The number of hydrogen-bond acceptors (Lipinski definition) is 4. The third-order valence-electron chi connectivity index (χ3n) is 1.49. The summed E-state index contributed by atoms with van der Waals surface area (Å²) in [6.07, 6.45) is 5.58. The number of carboxylic acids is 1. The van der Waals surface area contributed by atoms with Crippen LogP contribution >= 0.6 is 11.6 Å². The fourth-order valence-electron chi connectivity index (χ4n) is 0.881. The molecule has 1 heterocycles. The summed E-state index contributed by atoms with van der Waals surface area (Å²) in [6, 6.07) is 1.30. The maximum absolute atomic E-state index is 10.6. The van der Waals surface area contributed by atoms with Crippen LogP contribution in [0.2, 0.25) is 5.28 Å². The number of terminal acetylenes is 1. The van der Waals surface area contributed by atoms with Crippen molar-refractivity contribution >= 4 is 23.4 Å². The van der Waals surface area contributed by atoms with Crippen molar-refractivity contribution in [3.63, 3.8) is 0 Å². The van der Waals surface area contributed by atoms with E-state index < -0.39 is 5.97 Å². The number of halogens is 1. The van der Waals surface area contributed by atoms with Gasteiger partial charge in [-0.05, 0) is 11.6 Å². The Morgan fingerprint density at radius 3 is 3.00 bits per heavy atom. The molecule has 0 aliphatic carbocycles. The monoisotopic (exact) mass is 225 g/mol. The van der Waals surface area contributed by atoms with E-state index in [0.717, 1.165) is 0 Å².